The number of nitrogens with one attached hydrogen (secondary N) is 1. The Morgan fingerprint density at radius 3 is 2.68 bits per heavy atom. The Morgan fingerprint density at radius 2 is 2.08 bits per heavy atom. The van der Waals surface area contributed by atoms with E-state index in [1.807, 2.05) is 0 Å². The molecule has 140 valence electrons. The number of phenolic OH excluding ortho intramolecular Hbond substituents is 1. The second-order valence-electron chi connectivity index (χ2n) is 6.63. The minimum absolute atomic E-state index is 0.107. The van der Waals surface area contributed by atoms with Gasteiger partial charge in [-0.25, -0.2) is 8.42 Å². The van der Waals surface area contributed by atoms with Crippen LogP contribution in [0.2, 0.25) is 0 Å². The van der Waals surface area contributed by atoms with Crippen LogP contribution in [0.1, 0.15) is 33.6 Å². The zero-order valence-corrected chi connectivity index (χ0v) is 15.7. The van der Waals surface area contributed by atoms with Gasteiger partial charge in [0, 0.05) is 13.2 Å². The van der Waals surface area contributed by atoms with E-state index in [-0.39, 0.29) is 23.1 Å². The van der Waals surface area contributed by atoms with Crippen molar-refractivity contribution >= 4 is 27.3 Å². The Balaban J connectivity index is 2.06. The van der Waals surface area contributed by atoms with Crippen molar-refractivity contribution in [3.8, 4) is 5.75 Å². The Morgan fingerprint density at radius 1 is 1.36 bits per heavy atom. The second kappa shape index (κ2) is 8.05. The highest BCUT2D eigenvalue weighted by Crippen LogP contribution is 2.32. The summed E-state index contributed by atoms with van der Waals surface area (Å²) in [6.45, 7) is 6.66. The van der Waals surface area contributed by atoms with Crippen LogP contribution in [0.5, 0.6) is 5.75 Å². The fourth-order valence-corrected chi connectivity index (χ4v) is 4.06. The molecular weight excluding hydrogens is 344 g/mol. The number of carbonyl (C=O) groups is 1. The molecule has 1 aliphatic rings. The highest BCUT2D eigenvalue weighted by atomic mass is 32.2. The van der Waals surface area contributed by atoms with Crippen molar-refractivity contribution in [1.82, 2.24) is 0 Å². The lowest BCUT2D eigenvalue weighted by Gasteiger charge is -2.19. The number of carbonyl (C=O) groups excluding carboxylic acids is 1. The molecule has 1 aromatic rings. The lowest BCUT2D eigenvalue weighted by atomic mass is 10.1. The zero-order valence-electron chi connectivity index (χ0n) is 14.9. The number of hydrogen-bond acceptors (Lipinski definition) is 5. The predicted molar refractivity (Wildman–Crippen MR) is 97.4 cm³/mol. The summed E-state index contributed by atoms with van der Waals surface area (Å²) in [4.78, 5) is 12.2. The summed E-state index contributed by atoms with van der Waals surface area (Å²) in [6.07, 6.45) is 0.744. The van der Waals surface area contributed by atoms with Crippen molar-refractivity contribution in [3.63, 3.8) is 0 Å². The lowest BCUT2D eigenvalue weighted by Crippen LogP contribution is -2.29. The molecule has 2 N–H and O–H groups in total. The largest absolute Gasteiger partial charge is 0.506 e. The fourth-order valence-electron chi connectivity index (χ4n) is 2.50. The molecule has 0 saturated carbocycles. The van der Waals surface area contributed by atoms with E-state index in [1.54, 1.807) is 6.92 Å². The molecule has 0 spiro atoms. The van der Waals surface area contributed by atoms with Crippen LogP contribution in [0, 0.1) is 5.92 Å². The van der Waals surface area contributed by atoms with Gasteiger partial charge in [0.2, 0.25) is 10.0 Å². The maximum atomic E-state index is 12.2. The van der Waals surface area contributed by atoms with E-state index in [0.29, 0.717) is 31.2 Å². The van der Waals surface area contributed by atoms with E-state index < -0.39 is 16.1 Å². The molecule has 8 heteroatoms. The molecule has 1 atom stereocenters. The first-order valence-electron chi connectivity index (χ1n) is 8.46. The molecule has 1 heterocycles. The van der Waals surface area contributed by atoms with Crippen molar-refractivity contribution in [2.75, 3.05) is 28.5 Å². The van der Waals surface area contributed by atoms with E-state index in [0.717, 1.165) is 6.42 Å². The predicted octanol–water partition coefficient (Wildman–Crippen LogP) is 2.32. The van der Waals surface area contributed by atoms with Crippen molar-refractivity contribution in [2.24, 2.45) is 5.92 Å². The number of aromatic hydroxyl groups is 1. The SMILES string of the molecule is CC(C)CCOC(C)C(=O)Nc1cc(N2CCCS2(=O)=O)ccc1O. The summed E-state index contributed by atoms with van der Waals surface area (Å²) < 4.78 is 30.8. The van der Waals surface area contributed by atoms with Crippen LogP contribution in [0.4, 0.5) is 11.4 Å². The third kappa shape index (κ3) is 5.09. The highest BCUT2D eigenvalue weighted by molar-refractivity contribution is 7.93. The maximum Gasteiger partial charge on any atom is 0.253 e. The smallest absolute Gasteiger partial charge is 0.253 e. The summed E-state index contributed by atoms with van der Waals surface area (Å²) in [5, 5.41) is 12.6. The number of benzene rings is 1. The van der Waals surface area contributed by atoms with Gasteiger partial charge in [0.15, 0.2) is 0 Å². The molecule has 0 aromatic heterocycles. The van der Waals surface area contributed by atoms with E-state index in [2.05, 4.69) is 19.2 Å². The molecule has 0 bridgehead atoms. The highest BCUT2D eigenvalue weighted by Gasteiger charge is 2.29. The first kappa shape index (κ1) is 19.5. The van der Waals surface area contributed by atoms with Gasteiger partial charge in [0.1, 0.15) is 11.9 Å². The number of anilines is 2. The molecule has 0 aliphatic carbocycles. The summed E-state index contributed by atoms with van der Waals surface area (Å²) in [7, 11) is -3.32. The van der Waals surface area contributed by atoms with Crippen molar-refractivity contribution < 1.29 is 23.1 Å². The number of amides is 1. The van der Waals surface area contributed by atoms with Crippen LogP contribution in [0.25, 0.3) is 0 Å². The van der Waals surface area contributed by atoms with Gasteiger partial charge in [0.25, 0.3) is 5.91 Å². The average Bonchev–Trinajstić information content (AvgIpc) is 2.88. The first-order valence-corrected chi connectivity index (χ1v) is 10.1. The summed E-state index contributed by atoms with van der Waals surface area (Å²) in [6, 6.07) is 4.37. The minimum atomic E-state index is -3.32. The standard InChI is InChI=1S/C17H26N2O5S/c1-12(2)7-9-24-13(3)17(21)18-15-11-14(5-6-16(15)20)19-8-4-10-25(19,22)23/h5-6,11-13,20H,4,7-10H2,1-3H3,(H,18,21). The maximum absolute atomic E-state index is 12.2. The van der Waals surface area contributed by atoms with E-state index in [1.165, 1.54) is 22.5 Å². The minimum Gasteiger partial charge on any atom is -0.506 e. The first-order chi connectivity index (χ1) is 11.7. The Kier molecular flexibility index (Phi) is 6.29. The third-order valence-corrected chi connectivity index (χ3v) is 5.93. The van der Waals surface area contributed by atoms with Crippen LogP contribution in [-0.2, 0) is 19.6 Å². The molecule has 1 fully saturated rings. The van der Waals surface area contributed by atoms with Gasteiger partial charge in [-0.15, -0.1) is 0 Å². The molecule has 2 rings (SSSR count). The number of rotatable bonds is 7. The normalized spacial score (nSPS) is 17.7. The van der Waals surface area contributed by atoms with Gasteiger partial charge in [-0.2, -0.15) is 0 Å². The molecule has 0 radical (unpaired) electrons. The monoisotopic (exact) mass is 370 g/mol. The van der Waals surface area contributed by atoms with Gasteiger partial charge in [-0.3, -0.25) is 9.10 Å². The molecule has 1 aliphatic heterocycles. The topological polar surface area (TPSA) is 95.9 Å². The van der Waals surface area contributed by atoms with Crippen LogP contribution in [0.15, 0.2) is 18.2 Å². The van der Waals surface area contributed by atoms with Crippen molar-refractivity contribution in [3.05, 3.63) is 18.2 Å². The van der Waals surface area contributed by atoms with Crippen LogP contribution >= 0.6 is 0 Å². The van der Waals surface area contributed by atoms with E-state index in [4.69, 9.17) is 4.74 Å². The number of phenols is 1. The fraction of sp³-hybridized carbons (Fsp3) is 0.588. The number of nitrogens with zero attached hydrogens (tertiary/aromatic N) is 1. The molecule has 25 heavy (non-hydrogen) atoms. The van der Waals surface area contributed by atoms with Crippen LogP contribution in [-0.4, -0.2) is 44.4 Å². The molecular formula is C17H26N2O5S. The van der Waals surface area contributed by atoms with Crippen molar-refractivity contribution in [1.29, 1.82) is 0 Å². The van der Waals surface area contributed by atoms with Gasteiger partial charge in [-0.1, -0.05) is 13.8 Å². The summed E-state index contributed by atoms with van der Waals surface area (Å²) >= 11 is 0. The molecule has 7 nitrogen and oxygen atoms in total. The summed E-state index contributed by atoms with van der Waals surface area (Å²) in [5.41, 5.74) is 0.600. The van der Waals surface area contributed by atoms with E-state index in [9.17, 15) is 18.3 Å². The van der Waals surface area contributed by atoms with Gasteiger partial charge < -0.3 is 15.2 Å². The third-order valence-electron chi connectivity index (χ3n) is 4.06. The molecule has 1 saturated heterocycles. The molecule has 1 amide bonds. The Bertz CT molecular complexity index is 718. The summed E-state index contributed by atoms with van der Waals surface area (Å²) in [5.74, 6) is 0.0815. The molecule has 1 unspecified atom stereocenters. The average molecular weight is 370 g/mol. The Labute approximate surface area is 149 Å². The van der Waals surface area contributed by atoms with E-state index >= 15 is 0 Å². The zero-order chi connectivity index (χ0) is 18.6. The van der Waals surface area contributed by atoms with Crippen LogP contribution in [0.3, 0.4) is 0 Å². The molecule has 1 aromatic carbocycles. The van der Waals surface area contributed by atoms with Gasteiger partial charge in [0.05, 0.1) is 17.1 Å². The number of sulfonamides is 1. The Hall–Kier alpha value is -1.80. The number of ether oxygens (including phenoxy) is 1. The van der Waals surface area contributed by atoms with Gasteiger partial charge >= 0.3 is 0 Å². The number of hydrogen-bond donors (Lipinski definition) is 2. The lowest BCUT2D eigenvalue weighted by molar-refractivity contribution is -0.126. The van der Waals surface area contributed by atoms with Crippen LogP contribution < -0.4 is 9.62 Å². The second-order valence-corrected chi connectivity index (χ2v) is 8.64. The van der Waals surface area contributed by atoms with Gasteiger partial charge in [-0.05, 0) is 43.9 Å². The van der Waals surface area contributed by atoms with Crippen molar-refractivity contribution in [2.45, 2.75) is 39.7 Å². The quantitative estimate of drug-likeness (QED) is 0.718.